The highest BCUT2D eigenvalue weighted by Crippen LogP contribution is 2.33. The first kappa shape index (κ1) is 21.9. The summed E-state index contributed by atoms with van der Waals surface area (Å²) >= 11 is 0. The van der Waals surface area contributed by atoms with Crippen LogP contribution in [-0.2, 0) is 9.53 Å². The number of carbonyl (C=O) groups is 1. The van der Waals surface area contributed by atoms with Crippen molar-refractivity contribution in [1.29, 1.82) is 0 Å². The molecule has 0 aliphatic heterocycles. The Balaban J connectivity index is 1.89. The summed E-state index contributed by atoms with van der Waals surface area (Å²) in [4.78, 5) is 26.5. The van der Waals surface area contributed by atoms with Gasteiger partial charge in [-0.25, -0.2) is 14.8 Å². The monoisotopic (exact) mass is 437 g/mol. The van der Waals surface area contributed by atoms with E-state index in [1.807, 2.05) is 72.8 Å². The molecule has 33 heavy (non-hydrogen) atoms. The number of fused-ring (bicyclic) bond motifs is 1. The van der Waals surface area contributed by atoms with Crippen LogP contribution in [0.25, 0.3) is 33.5 Å². The fraction of sp³-hybridized carbons (Fsp3) is 0.111. The van der Waals surface area contributed by atoms with Crippen molar-refractivity contribution in [2.75, 3.05) is 6.61 Å². The number of hydrogen-bond donors (Lipinski definition) is 1. The van der Waals surface area contributed by atoms with Crippen LogP contribution in [0.1, 0.15) is 13.8 Å². The summed E-state index contributed by atoms with van der Waals surface area (Å²) in [5.74, 6) is -0.802. The summed E-state index contributed by atoms with van der Waals surface area (Å²) in [6.07, 6.45) is 1.30. The van der Waals surface area contributed by atoms with Crippen LogP contribution in [0.15, 0.2) is 95.2 Å². The summed E-state index contributed by atoms with van der Waals surface area (Å²) < 4.78 is 5.01. The summed E-state index contributed by atoms with van der Waals surface area (Å²) in [5, 5.41) is 9.92. The lowest BCUT2D eigenvalue weighted by molar-refractivity contribution is -0.138. The Hall–Kier alpha value is -4.32. The molecular formula is C27H23N3O3. The number of allylic oxidation sites excluding steroid dienone is 1. The first-order valence-corrected chi connectivity index (χ1v) is 10.6. The minimum absolute atomic E-state index is 0.00833. The molecule has 4 rings (SSSR count). The molecule has 0 radical (unpaired) electrons. The van der Waals surface area contributed by atoms with Gasteiger partial charge in [0, 0.05) is 17.3 Å². The molecule has 0 aliphatic carbocycles. The largest absolute Gasteiger partial charge is 0.512 e. The predicted octanol–water partition coefficient (Wildman–Crippen LogP) is 6.06. The number of rotatable bonds is 6. The number of aliphatic hydroxyl groups is 1. The second-order valence-corrected chi connectivity index (χ2v) is 7.28. The third-order valence-corrected chi connectivity index (χ3v) is 4.99. The number of ether oxygens (including phenoxy) is 1. The maximum absolute atomic E-state index is 12.2. The highest BCUT2D eigenvalue weighted by molar-refractivity contribution is 6.11. The topological polar surface area (TPSA) is 84.7 Å². The average Bonchev–Trinajstić information content (AvgIpc) is 2.84. The van der Waals surface area contributed by atoms with Crippen molar-refractivity contribution >= 4 is 28.9 Å². The SMILES string of the molecule is CCOC(=O)/C(C=Nc1cccc2nc(-c3ccccc3)c(-c3ccccc3)nc12)=C(\C)O. The highest BCUT2D eigenvalue weighted by Gasteiger charge is 2.16. The molecule has 3 aromatic carbocycles. The molecule has 1 aromatic heterocycles. The van der Waals surface area contributed by atoms with E-state index in [1.54, 1.807) is 13.0 Å². The molecule has 0 aliphatic rings. The number of carbonyl (C=O) groups excluding carboxylic acids is 1. The van der Waals surface area contributed by atoms with Crippen LogP contribution in [0.4, 0.5) is 5.69 Å². The van der Waals surface area contributed by atoms with Crippen molar-refractivity contribution < 1.29 is 14.6 Å². The maximum atomic E-state index is 12.2. The molecule has 4 aromatic rings. The van der Waals surface area contributed by atoms with Gasteiger partial charge in [0.1, 0.15) is 16.8 Å². The molecule has 0 atom stereocenters. The quantitative estimate of drug-likeness (QED) is 0.171. The smallest absolute Gasteiger partial charge is 0.343 e. The molecule has 1 N–H and O–H groups in total. The van der Waals surface area contributed by atoms with E-state index in [-0.39, 0.29) is 17.9 Å². The van der Waals surface area contributed by atoms with Gasteiger partial charge in [-0.2, -0.15) is 0 Å². The zero-order valence-corrected chi connectivity index (χ0v) is 18.4. The van der Waals surface area contributed by atoms with E-state index in [4.69, 9.17) is 14.7 Å². The predicted molar refractivity (Wildman–Crippen MR) is 131 cm³/mol. The molecule has 6 heteroatoms. The van der Waals surface area contributed by atoms with Crippen LogP contribution in [0.3, 0.4) is 0 Å². The van der Waals surface area contributed by atoms with E-state index in [9.17, 15) is 9.90 Å². The lowest BCUT2D eigenvalue weighted by atomic mass is 10.0. The average molecular weight is 437 g/mol. The molecule has 0 saturated carbocycles. The van der Waals surface area contributed by atoms with Crippen LogP contribution in [0.2, 0.25) is 0 Å². The van der Waals surface area contributed by atoms with Crippen LogP contribution in [0, 0.1) is 0 Å². The Morgan fingerprint density at radius 2 is 1.52 bits per heavy atom. The fourth-order valence-electron chi connectivity index (χ4n) is 3.40. The van der Waals surface area contributed by atoms with Crippen LogP contribution >= 0.6 is 0 Å². The summed E-state index contributed by atoms with van der Waals surface area (Å²) in [5.41, 5.74) is 5.18. The Bertz CT molecular complexity index is 1340. The van der Waals surface area contributed by atoms with E-state index >= 15 is 0 Å². The van der Waals surface area contributed by atoms with Gasteiger partial charge in [-0.05, 0) is 26.0 Å². The normalized spacial score (nSPS) is 12.1. The zero-order valence-electron chi connectivity index (χ0n) is 18.4. The van der Waals surface area contributed by atoms with Gasteiger partial charge in [0.15, 0.2) is 0 Å². The maximum Gasteiger partial charge on any atom is 0.343 e. The van der Waals surface area contributed by atoms with Crippen molar-refractivity contribution in [3.63, 3.8) is 0 Å². The van der Waals surface area contributed by atoms with Crippen molar-refractivity contribution in [2.24, 2.45) is 4.99 Å². The van der Waals surface area contributed by atoms with E-state index in [0.717, 1.165) is 22.5 Å². The Labute approximate surface area is 191 Å². The molecule has 6 nitrogen and oxygen atoms in total. The number of esters is 1. The van der Waals surface area contributed by atoms with Gasteiger partial charge in [-0.15, -0.1) is 0 Å². The van der Waals surface area contributed by atoms with Crippen molar-refractivity contribution in [1.82, 2.24) is 9.97 Å². The highest BCUT2D eigenvalue weighted by atomic mass is 16.5. The van der Waals surface area contributed by atoms with Gasteiger partial charge in [-0.3, -0.25) is 4.99 Å². The Morgan fingerprint density at radius 1 is 0.909 bits per heavy atom. The lowest BCUT2D eigenvalue weighted by Crippen LogP contribution is -2.10. The molecule has 0 unspecified atom stereocenters. The number of hydrogen-bond acceptors (Lipinski definition) is 6. The summed E-state index contributed by atoms with van der Waals surface area (Å²) in [7, 11) is 0. The van der Waals surface area contributed by atoms with E-state index in [0.29, 0.717) is 16.7 Å². The van der Waals surface area contributed by atoms with Gasteiger partial charge in [0.05, 0.1) is 29.2 Å². The number of para-hydroxylation sites is 1. The molecule has 0 amide bonds. The van der Waals surface area contributed by atoms with E-state index < -0.39 is 5.97 Å². The standard InChI is InChI=1S/C27H23N3O3/c1-3-33-27(32)21(18(2)31)17-28-22-15-10-16-23-26(22)30-25(20-13-8-5-9-14-20)24(29-23)19-11-6-4-7-12-19/h4-17,31H,3H2,1-2H3/b21-18+,28-17?. The zero-order chi connectivity index (χ0) is 23.2. The van der Waals surface area contributed by atoms with Gasteiger partial charge < -0.3 is 9.84 Å². The molecule has 0 saturated heterocycles. The molecule has 0 spiro atoms. The Kier molecular flexibility index (Phi) is 6.55. The first-order valence-electron chi connectivity index (χ1n) is 10.6. The number of benzene rings is 3. The number of aliphatic hydroxyl groups excluding tert-OH is 1. The second-order valence-electron chi connectivity index (χ2n) is 7.28. The lowest BCUT2D eigenvalue weighted by Gasteiger charge is -2.11. The van der Waals surface area contributed by atoms with Gasteiger partial charge in [-0.1, -0.05) is 66.7 Å². The van der Waals surface area contributed by atoms with E-state index in [2.05, 4.69) is 4.99 Å². The van der Waals surface area contributed by atoms with Crippen LogP contribution in [0.5, 0.6) is 0 Å². The summed E-state index contributed by atoms with van der Waals surface area (Å²) in [6.45, 7) is 3.32. The first-order chi connectivity index (χ1) is 16.1. The minimum Gasteiger partial charge on any atom is -0.512 e. The number of aromatic nitrogens is 2. The van der Waals surface area contributed by atoms with Crippen LogP contribution in [-0.4, -0.2) is 33.9 Å². The third kappa shape index (κ3) is 4.80. The third-order valence-electron chi connectivity index (χ3n) is 4.99. The summed E-state index contributed by atoms with van der Waals surface area (Å²) in [6, 6.07) is 25.3. The van der Waals surface area contributed by atoms with E-state index in [1.165, 1.54) is 13.1 Å². The van der Waals surface area contributed by atoms with Crippen LogP contribution < -0.4 is 0 Å². The molecule has 0 bridgehead atoms. The molecule has 164 valence electrons. The van der Waals surface area contributed by atoms with Gasteiger partial charge in [0.2, 0.25) is 0 Å². The van der Waals surface area contributed by atoms with Gasteiger partial charge in [0.25, 0.3) is 0 Å². The second kappa shape index (κ2) is 9.87. The van der Waals surface area contributed by atoms with Crippen molar-refractivity contribution in [3.8, 4) is 22.5 Å². The number of nitrogens with zero attached hydrogens (tertiary/aromatic N) is 3. The molecule has 0 fully saturated rings. The number of aliphatic imine (C=N–C) groups is 1. The van der Waals surface area contributed by atoms with Crippen molar-refractivity contribution in [2.45, 2.75) is 13.8 Å². The Morgan fingerprint density at radius 3 is 2.09 bits per heavy atom. The minimum atomic E-state index is -0.635. The van der Waals surface area contributed by atoms with Gasteiger partial charge >= 0.3 is 5.97 Å². The molecule has 1 heterocycles. The molecular weight excluding hydrogens is 414 g/mol. The van der Waals surface area contributed by atoms with Crippen molar-refractivity contribution in [3.05, 3.63) is 90.2 Å². The fourth-order valence-corrected chi connectivity index (χ4v) is 3.40.